The van der Waals surface area contributed by atoms with Crippen LogP contribution in [-0.2, 0) is 0 Å². The van der Waals surface area contributed by atoms with Crippen LogP contribution in [0, 0.1) is 0 Å². The summed E-state index contributed by atoms with van der Waals surface area (Å²) in [6, 6.07) is 0. The van der Waals surface area contributed by atoms with Crippen molar-refractivity contribution in [1.29, 1.82) is 0 Å². The van der Waals surface area contributed by atoms with Crippen molar-refractivity contribution in [1.82, 2.24) is 4.90 Å². The van der Waals surface area contributed by atoms with Crippen molar-refractivity contribution in [2.45, 2.75) is 103 Å². The van der Waals surface area contributed by atoms with Crippen molar-refractivity contribution in [3.63, 3.8) is 0 Å². The second-order valence-corrected chi connectivity index (χ2v) is 6.61. The highest BCUT2D eigenvalue weighted by molar-refractivity contribution is 4.65. The molecule has 1 heteroatoms. The van der Waals surface area contributed by atoms with E-state index in [1.165, 1.54) is 103 Å². The van der Waals surface area contributed by atoms with Crippen molar-refractivity contribution in [2.24, 2.45) is 0 Å². The Hall–Kier alpha value is -0.460. The van der Waals surface area contributed by atoms with Crippen molar-refractivity contribution in [2.75, 3.05) is 13.6 Å². The molecule has 0 N–H and O–H groups in total. The summed E-state index contributed by atoms with van der Waals surface area (Å²) in [6.45, 7) is 7.23. The molecule has 1 nitrogen and oxygen atoms in total. The third kappa shape index (κ3) is 17.5. The zero-order valence-electron chi connectivity index (χ0n) is 15.0. The maximum absolute atomic E-state index is 3.77. The maximum Gasteiger partial charge on any atom is 0.0169 e. The van der Waals surface area contributed by atoms with E-state index < -0.39 is 0 Å². The van der Waals surface area contributed by atoms with E-state index in [9.17, 15) is 0 Å². The van der Waals surface area contributed by atoms with Gasteiger partial charge in [-0.25, -0.2) is 0 Å². The molecule has 0 heterocycles. The van der Waals surface area contributed by atoms with E-state index in [0.717, 1.165) is 0 Å². The molecule has 126 valence electrons. The molecule has 0 spiro atoms. The molecule has 0 fully saturated rings. The molecule has 21 heavy (non-hydrogen) atoms. The Balaban J connectivity index is 2.98. The predicted molar refractivity (Wildman–Crippen MR) is 97.8 cm³/mol. The fourth-order valence-corrected chi connectivity index (χ4v) is 2.82. The van der Waals surface area contributed by atoms with Crippen molar-refractivity contribution < 1.29 is 0 Å². The molecule has 0 aliphatic rings. The molecule has 0 aromatic rings. The molecule has 0 unspecified atom stereocenters. The van der Waals surface area contributed by atoms with Crippen LogP contribution in [0.5, 0.6) is 0 Å². The van der Waals surface area contributed by atoms with Gasteiger partial charge in [0.15, 0.2) is 0 Å². The summed E-state index contributed by atoms with van der Waals surface area (Å²) in [5.41, 5.74) is 0. The lowest BCUT2D eigenvalue weighted by Gasteiger charge is -2.12. The van der Waals surface area contributed by atoms with Gasteiger partial charge in [0.25, 0.3) is 0 Å². The topological polar surface area (TPSA) is 3.24 Å². The Labute approximate surface area is 135 Å². The predicted octanol–water partition coefficient (Wildman–Crippen LogP) is 6.93. The van der Waals surface area contributed by atoms with E-state index in [-0.39, 0.29) is 0 Å². The fraction of sp³-hybridized carbons (Fsp3) is 0.900. The zero-order chi connectivity index (χ0) is 15.6. The summed E-state index contributed by atoms with van der Waals surface area (Å²) in [5.74, 6) is 0. The van der Waals surface area contributed by atoms with Gasteiger partial charge in [-0.3, -0.25) is 0 Å². The Morgan fingerprint density at radius 2 is 0.952 bits per heavy atom. The van der Waals surface area contributed by atoms with E-state index in [1.54, 1.807) is 0 Å². The first-order valence-electron chi connectivity index (χ1n) is 9.64. The second kappa shape index (κ2) is 17.6. The van der Waals surface area contributed by atoms with Gasteiger partial charge in [-0.05, 0) is 12.6 Å². The van der Waals surface area contributed by atoms with Gasteiger partial charge in [0.2, 0.25) is 0 Å². The number of hydrogen-bond donors (Lipinski definition) is 0. The lowest BCUT2D eigenvalue weighted by Crippen LogP contribution is -2.11. The van der Waals surface area contributed by atoms with Gasteiger partial charge < -0.3 is 4.90 Å². The minimum absolute atomic E-state index is 1.17. The molecular formula is C20H41N. The highest BCUT2D eigenvalue weighted by Gasteiger charge is 1.95. The van der Waals surface area contributed by atoms with E-state index in [2.05, 4.69) is 25.5 Å². The van der Waals surface area contributed by atoms with Gasteiger partial charge in [0.05, 0.1) is 0 Å². The maximum atomic E-state index is 3.77. The van der Waals surface area contributed by atoms with E-state index in [4.69, 9.17) is 0 Å². The highest BCUT2D eigenvalue weighted by atomic mass is 15.1. The van der Waals surface area contributed by atoms with Crippen molar-refractivity contribution >= 4 is 0 Å². The zero-order valence-corrected chi connectivity index (χ0v) is 15.0. The Morgan fingerprint density at radius 3 is 1.29 bits per heavy atom. The van der Waals surface area contributed by atoms with Gasteiger partial charge in [0, 0.05) is 13.6 Å². The van der Waals surface area contributed by atoms with E-state index in [1.807, 2.05) is 6.20 Å². The first-order valence-corrected chi connectivity index (χ1v) is 9.64. The average Bonchev–Trinajstić information content (AvgIpc) is 2.50. The molecule has 0 radical (unpaired) electrons. The van der Waals surface area contributed by atoms with Gasteiger partial charge in [0.1, 0.15) is 0 Å². The van der Waals surface area contributed by atoms with Gasteiger partial charge in [-0.2, -0.15) is 0 Å². The first kappa shape index (κ1) is 20.5. The highest BCUT2D eigenvalue weighted by Crippen LogP contribution is 2.13. The van der Waals surface area contributed by atoms with Crippen molar-refractivity contribution in [3.8, 4) is 0 Å². The van der Waals surface area contributed by atoms with Crippen LogP contribution in [0.3, 0.4) is 0 Å². The van der Waals surface area contributed by atoms with Crippen LogP contribution in [0.1, 0.15) is 103 Å². The molecule has 0 atom stereocenters. The molecular weight excluding hydrogens is 254 g/mol. The Morgan fingerprint density at radius 1 is 0.619 bits per heavy atom. The third-order valence-corrected chi connectivity index (χ3v) is 4.43. The standard InChI is InChI=1S/C20H41N/c1-4-6-7-8-9-10-11-12-13-14-15-16-17-18-19-20-21(3)5-2/h5H,2,4,6-20H2,1,3H3. The summed E-state index contributed by atoms with van der Waals surface area (Å²) in [5, 5.41) is 0. The summed E-state index contributed by atoms with van der Waals surface area (Å²) < 4.78 is 0. The molecule has 0 saturated carbocycles. The van der Waals surface area contributed by atoms with Gasteiger partial charge in [-0.1, -0.05) is 103 Å². The average molecular weight is 296 g/mol. The van der Waals surface area contributed by atoms with Gasteiger partial charge >= 0.3 is 0 Å². The molecule has 0 amide bonds. The molecule has 0 bridgehead atoms. The van der Waals surface area contributed by atoms with Crippen LogP contribution < -0.4 is 0 Å². The lowest BCUT2D eigenvalue weighted by molar-refractivity contribution is 0.429. The van der Waals surface area contributed by atoms with Crippen LogP contribution in [0.15, 0.2) is 12.8 Å². The van der Waals surface area contributed by atoms with Crippen LogP contribution in [0.4, 0.5) is 0 Å². The number of nitrogens with zero attached hydrogens (tertiary/aromatic N) is 1. The van der Waals surface area contributed by atoms with Crippen LogP contribution >= 0.6 is 0 Å². The summed E-state index contributed by atoms with van der Waals surface area (Å²) in [6.07, 6.45) is 23.5. The van der Waals surface area contributed by atoms with Crippen LogP contribution in [0.25, 0.3) is 0 Å². The number of unbranched alkanes of at least 4 members (excludes halogenated alkanes) is 14. The Bertz CT molecular complexity index is 200. The van der Waals surface area contributed by atoms with Gasteiger partial charge in [-0.15, -0.1) is 0 Å². The molecule has 0 saturated heterocycles. The monoisotopic (exact) mass is 295 g/mol. The van der Waals surface area contributed by atoms with Crippen molar-refractivity contribution in [3.05, 3.63) is 12.8 Å². The molecule has 0 aliphatic carbocycles. The summed E-state index contributed by atoms with van der Waals surface area (Å²) in [4.78, 5) is 2.18. The molecule has 0 aromatic heterocycles. The van der Waals surface area contributed by atoms with E-state index >= 15 is 0 Å². The molecule has 0 rings (SSSR count). The normalized spacial score (nSPS) is 10.8. The largest absolute Gasteiger partial charge is 0.381 e. The Kier molecular flexibility index (Phi) is 17.2. The first-order chi connectivity index (χ1) is 10.3. The number of rotatable bonds is 17. The minimum Gasteiger partial charge on any atom is -0.381 e. The summed E-state index contributed by atoms with van der Waals surface area (Å²) in [7, 11) is 2.11. The fourth-order valence-electron chi connectivity index (χ4n) is 2.82. The smallest absolute Gasteiger partial charge is 0.0169 e. The molecule has 0 aliphatic heterocycles. The summed E-state index contributed by atoms with van der Waals surface area (Å²) >= 11 is 0. The minimum atomic E-state index is 1.17. The number of hydrogen-bond acceptors (Lipinski definition) is 1. The van der Waals surface area contributed by atoms with Crippen LogP contribution in [-0.4, -0.2) is 18.5 Å². The molecule has 0 aromatic carbocycles. The van der Waals surface area contributed by atoms with Crippen LogP contribution in [0.2, 0.25) is 0 Å². The quantitative estimate of drug-likeness (QED) is 0.263. The third-order valence-electron chi connectivity index (χ3n) is 4.43. The second-order valence-electron chi connectivity index (χ2n) is 6.61. The lowest BCUT2D eigenvalue weighted by atomic mass is 10.0. The van der Waals surface area contributed by atoms with E-state index in [0.29, 0.717) is 0 Å². The SMILES string of the molecule is C=CN(C)CCCCCCCCCCCCCCCCC.